The maximum absolute atomic E-state index is 12.4. The summed E-state index contributed by atoms with van der Waals surface area (Å²) in [6.07, 6.45) is 0. The summed E-state index contributed by atoms with van der Waals surface area (Å²) in [5.41, 5.74) is 1.32. The molecule has 3 N–H and O–H groups in total. The Hall–Kier alpha value is -2.95. The van der Waals surface area contributed by atoms with E-state index in [1.807, 2.05) is 24.3 Å². The van der Waals surface area contributed by atoms with Crippen molar-refractivity contribution in [3.05, 3.63) is 65.8 Å². The van der Waals surface area contributed by atoms with Crippen LogP contribution >= 0.6 is 23.8 Å². The third-order valence-corrected chi connectivity index (χ3v) is 5.42. The van der Waals surface area contributed by atoms with Crippen LogP contribution in [0.1, 0.15) is 0 Å². The van der Waals surface area contributed by atoms with Crippen LogP contribution in [0.2, 0.25) is 5.15 Å². The highest BCUT2D eigenvalue weighted by Gasteiger charge is 2.15. The fourth-order valence-electron chi connectivity index (χ4n) is 2.32. The van der Waals surface area contributed by atoms with Gasteiger partial charge in [-0.3, -0.25) is 4.72 Å². The second-order valence-corrected chi connectivity index (χ2v) is 8.13. The number of sulfonamides is 1. The number of hydrogen-bond acceptors (Lipinski definition) is 6. The molecule has 0 atom stereocenters. The average molecular weight is 450 g/mol. The minimum absolute atomic E-state index is 0.0587. The van der Waals surface area contributed by atoms with E-state index in [-0.39, 0.29) is 15.9 Å². The van der Waals surface area contributed by atoms with Gasteiger partial charge in [0.05, 0.1) is 17.7 Å². The summed E-state index contributed by atoms with van der Waals surface area (Å²) in [6.45, 7) is 0. The molecular formula is C18H16ClN5O3S2. The van der Waals surface area contributed by atoms with Crippen LogP contribution in [0.25, 0.3) is 0 Å². The largest absolute Gasteiger partial charge is 0.495 e. The molecule has 150 valence electrons. The van der Waals surface area contributed by atoms with Gasteiger partial charge in [0, 0.05) is 5.69 Å². The van der Waals surface area contributed by atoms with E-state index in [9.17, 15) is 8.42 Å². The number of nitrogens with zero attached hydrogens (tertiary/aromatic N) is 2. The van der Waals surface area contributed by atoms with Crippen molar-refractivity contribution in [1.29, 1.82) is 0 Å². The summed E-state index contributed by atoms with van der Waals surface area (Å²) in [7, 11) is -2.25. The van der Waals surface area contributed by atoms with E-state index in [0.717, 1.165) is 0 Å². The van der Waals surface area contributed by atoms with Gasteiger partial charge in [0.25, 0.3) is 10.0 Å². The van der Waals surface area contributed by atoms with Crippen LogP contribution in [-0.2, 0) is 10.0 Å². The molecule has 0 bridgehead atoms. The normalized spacial score (nSPS) is 10.8. The first-order chi connectivity index (χ1) is 13.9. The lowest BCUT2D eigenvalue weighted by Crippen LogP contribution is -2.19. The van der Waals surface area contributed by atoms with Gasteiger partial charge in [-0.15, -0.1) is 10.2 Å². The average Bonchev–Trinajstić information content (AvgIpc) is 2.70. The second kappa shape index (κ2) is 9.03. The number of thiocarbonyl (C=S) groups is 1. The van der Waals surface area contributed by atoms with Crippen molar-refractivity contribution >= 4 is 56.1 Å². The molecule has 1 aromatic heterocycles. The fraction of sp³-hybridized carbons (Fsp3) is 0.0556. The van der Waals surface area contributed by atoms with Crippen LogP contribution in [0, 0.1) is 0 Å². The van der Waals surface area contributed by atoms with E-state index in [0.29, 0.717) is 22.2 Å². The smallest absolute Gasteiger partial charge is 0.263 e. The van der Waals surface area contributed by atoms with Crippen molar-refractivity contribution in [2.24, 2.45) is 0 Å². The lowest BCUT2D eigenvalue weighted by Gasteiger charge is -2.13. The summed E-state index contributed by atoms with van der Waals surface area (Å²) in [5, 5.41) is 13.8. The standard InChI is InChI=1S/C18H16ClN5O3S2/c1-27-15-5-3-2-4-14(15)21-18(28)20-12-6-8-13(9-7-12)29(25,26)24-17-11-10-16(19)22-23-17/h2-11H,1H3,(H,23,24)(H2,20,21,28). The van der Waals surface area contributed by atoms with E-state index < -0.39 is 10.0 Å². The first-order valence-corrected chi connectivity index (χ1v) is 10.5. The van der Waals surface area contributed by atoms with E-state index in [4.69, 9.17) is 28.6 Å². The first kappa shape index (κ1) is 20.8. The van der Waals surface area contributed by atoms with Crippen molar-refractivity contribution in [1.82, 2.24) is 10.2 Å². The summed E-state index contributed by atoms with van der Waals surface area (Å²) in [6, 6.07) is 16.3. The summed E-state index contributed by atoms with van der Waals surface area (Å²) in [5.74, 6) is 0.716. The Morgan fingerprint density at radius 3 is 2.38 bits per heavy atom. The van der Waals surface area contributed by atoms with Gasteiger partial charge in [0.15, 0.2) is 16.1 Å². The van der Waals surface area contributed by atoms with Gasteiger partial charge in [-0.25, -0.2) is 8.42 Å². The molecule has 0 saturated heterocycles. The molecule has 8 nitrogen and oxygen atoms in total. The molecule has 0 aliphatic carbocycles. The van der Waals surface area contributed by atoms with Gasteiger partial charge in [0.1, 0.15) is 5.75 Å². The van der Waals surface area contributed by atoms with Crippen LogP contribution in [0.4, 0.5) is 17.2 Å². The molecule has 11 heteroatoms. The monoisotopic (exact) mass is 449 g/mol. The van der Waals surface area contributed by atoms with Crippen molar-refractivity contribution in [3.8, 4) is 5.75 Å². The molecule has 0 fully saturated rings. The van der Waals surface area contributed by atoms with Crippen LogP contribution in [0.15, 0.2) is 65.6 Å². The molecular weight excluding hydrogens is 434 g/mol. The molecule has 2 aromatic carbocycles. The Bertz CT molecular complexity index is 1110. The van der Waals surface area contributed by atoms with Crippen LogP contribution < -0.4 is 20.1 Å². The Labute approximate surface area is 178 Å². The lowest BCUT2D eigenvalue weighted by molar-refractivity contribution is 0.417. The van der Waals surface area contributed by atoms with Crippen LogP contribution in [0.3, 0.4) is 0 Å². The Morgan fingerprint density at radius 2 is 1.72 bits per heavy atom. The number of rotatable bonds is 6. The number of nitrogens with one attached hydrogen (secondary N) is 3. The van der Waals surface area contributed by atoms with Gasteiger partial charge in [0.2, 0.25) is 0 Å². The van der Waals surface area contributed by atoms with Gasteiger partial charge in [-0.05, 0) is 60.7 Å². The minimum atomic E-state index is -3.82. The van der Waals surface area contributed by atoms with E-state index in [1.54, 1.807) is 19.2 Å². The zero-order chi connectivity index (χ0) is 20.9. The zero-order valence-corrected chi connectivity index (χ0v) is 17.5. The van der Waals surface area contributed by atoms with Gasteiger partial charge in [-0.2, -0.15) is 0 Å². The van der Waals surface area contributed by atoms with E-state index in [1.165, 1.54) is 24.3 Å². The summed E-state index contributed by atoms with van der Waals surface area (Å²) >= 11 is 10.9. The molecule has 0 saturated carbocycles. The van der Waals surface area contributed by atoms with Crippen molar-refractivity contribution in [2.75, 3.05) is 22.5 Å². The Balaban J connectivity index is 1.66. The molecule has 3 rings (SSSR count). The highest BCUT2D eigenvalue weighted by atomic mass is 35.5. The molecule has 0 aliphatic rings. The molecule has 0 radical (unpaired) electrons. The van der Waals surface area contributed by atoms with Crippen molar-refractivity contribution in [2.45, 2.75) is 4.90 Å². The second-order valence-electron chi connectivity index (χ2n) is 5.65. The minimum Gasteiger partial charge on any atom is -0.495 e. The predicted molar refractivity (Wildman–Crippen MR) is 117 cm³/mol. The number of ether oxygens (including phenoxy) is 1. The third kappa shape index (κ3) is 5.53. The number of aromatic nitrogens is 2. The van der Waals surface area contributed by atoms with Crippen LogP contribution in [-0.4, -0.2) is 30.8 Å². The zero-order valence-electron chi connectivity index (χ0n) is 15.1. The summed E-state index contributed by atoms with van der Waals surface area (Å²) in [4.78, 5) is 0.0587. The highest BCUT2D eigenvalue weighted by molar-refractivity contribution is 7.92. The van der Waals surface area contributed by atoms with E-state index in [2.05, 4.69) is 25.6 Å². The highest BCUT2D eigenvalue weighted by Crippen LogP contribution is 2.23. The molecule has 0 amide bonds. The molecule has 29 heavy (non-hydrogen) atoms. The fourth-order valence-corrected chi connectivity index (χ4v) is 3.64. The number of para-hydroxylation sites is 2. The number of anilines is 3. The third-order valence-electron chi connectivity index (χ3n) is 3.65. The Morgan fingerprint density at radius 1 is 1.00 bits per heavy atom. The predicted octanol–water partition coefficient (Wildman–Crippen LogP) is 3.75. The SMILES string of the molecule is COc1ccccc1NC(=S)Nc1ccc(S(=O)(=O)Nc2ccc(Cl)nn2)cc1. The van der Waals surface area contributed by atoms with Crippen molar-refractivity contribution < 1.29 is 13.2 Å². The molecule has 3 aromatic rings. The quantitative estimate of drug-likeness (QED) is 0.488. The lowest BCUT2D eigenvalue weighted by atomic mass is 10.3. The van der Waals surface area contributed by atoms with Gasteiger partial charge in [-0.1, -0.05) is 23.7 Å². The van der Waals surface area contributed by atoms with E-state index >= 15 is 0 Å². The maximum atomic E-state index is 12.4. The molecule has 1 heterocycles. The number of methoxy groups -OCH3 is 1. The first-order valence-electron chi connectivity index (χ1n) is 8.20. The topological polar surface area (TPSA) is 105 Å². The maximum Gasteiger partial charge on any atom is 0.263 e. The molecule has 0 aliphatic heterocycles. The van der Waals surface area contributed by atoms with Crippen LogP contribution in [0.5, 0.6) is 5.75 Å². The van der Waals surface area contributed by atoms with Crippen molar-refractivity contribution in [3.63, 3.8) is 0 Å². The number of benzene rings is 2. The van der Waals surface area contributed by atoms with Gasteiger partial charge >= 0.3 is 0 Å². The molecule has 0 spiro atoms. The number of halogens is 1. The summed E-state index contributed by atoms with van der Waals surface area (Å²) < 4.78 is 32.5. The number of hydrogen-bond donors (Lipinski definition) is 3. The van der Waals surface area contributed by atoms with Gasteiger partial charge < -0.3 is 15.4 Å². The molecule has 0 unspecified atom stereocenters. The Kier molecular flexibility index (Phi) is 6.47.